The summed E-state index contributed by atoms with van der Waals surface area (Å²) in [6, 6.07) is 15.3. The first-order valence-corrected chi connectivity index (χ1v) is 14.5. The van der Waals surface area contributed by atoms with Crippen LogP contribution in [0.2, 0.25) is 0 Å². The Hall–Kier alpha value is -3.45. The summed E-state index contributed by atoms with van der Waals surface area (Å²) in [6.45, 7) is 3.53. The molecule has 2 aliphatic heterocycles. The molecule has 3 aromatic rings. The van der Waals surface area contributed by atoms with Crippen molar-refractivity contribution >= 4 is 5.97 Å². The summed E-state index contributed by atoms with van der Waals surface area (Å²) in [5.74, 6) is -0.398. The van der Waals surface area contributed by atoms with Crippen molar-refractivity contribution < 1.29 is 23.8 Å². The Labute approximate surface area is 235 Å². The third-order valence-corrected chi connectivity index (χ3v) is 9.01. The van der Waals surface area contributed by atoms with Crippen LogP contribution >= 0.6 is 0 Å². The number of carbonyl (C=O) groups is 1. The Bertz CT molecular complexity index is 1420. The number of hydrogen-bond donors (Lipinski definition) is 1. The van der Waals surface area contributed by atoms with E-state index in [9.17, 15) is 9.90 Å². The SMILES string of the molecule is COc1ccc(F)c(-c2ccc(C3CCc4ccc(CC(C)C(=O)O)cc4O3)cc2CN2CCCCC23CC3)n1. The fourth-order valence-corrected chi connectivity index (χ4v) is 6.43. The van der Waals surface area contributed by atoms with Crippen molar-refractivity contribution in [1.29, 1.82) is 0 Å². The second-order valence-electron chi connectivity index (χ2n) is 11.7. The Morgan fingerprint density at radius 3 is 2.80 bits per heavy atom. The van der Waals surface area contributed by atoms with Crippen molar-refractivity contribution in [2.24, 2.45) is 5.92 Å². The summed E-state index contributed by atoms with van der Waals surface area (Å²) in [5, 5.41) is 9.33. The first kappa shape index (κ1) is 26.8. The van der Waals surface area contributed by atoms with E-state index >= 15 is 4.39 Å². The molecule has 6 nitrogen and oxygen atoms in total. The molecule has 40 heavy (non-hydrogen) atoms. The van der Waals surface area contributed by atoms with E-state index in [1.54, 1.807) is 20.1 Å². The zero-order chi connectivity index (χ0) is 27.9. The number of likely N-dealkylation sites (tertiary alicyclic amines) is 1. The van der Waals surface area contributed by atoms with Gasteiger partial charge in [-0.15, -0.1) is 0 Å². The first-order chi connectivity index (χ1) is 19.3. The highest BCUT2D eigenvalue weighted by atomic mass is 19.1. The molecule has 6 rings (SSSR count). The number of ether oxygens (including phenoxy) is 2. The third kappa shape index (κ3) is 5.31. The zero-order valence-corrected chi connectivity index (χ0v) is 23.3. The number of aromatic nitrogens is 1. The van der Waals surface area contributed by atoms with Crippen LogP contribution in [0.4, 0.5) is 4.39 Å². The number of carboxylic acid groups (broad SMARTS) is 1. The smallest absolute Gasteiger partial charge is 0.306 e. The van der Waals surface area contributed by atoms with Gasteiger partial charge in [0.2, 0.25) is 5.88 Å². The van der Waals surface area contributed by atoms with Crippen LogP contribution in [0.25, 0.3) is 11.3 Å². The van der Waals surface area contributed by atoms with Gasteiger partial charge in [-0.3, -0.25) is 9.69 Å². The second kappa shape index (κ2) is 10.8. The van der Waals surface area contributed by atoms with E-state index < -0.39 is 11.9 Å². The fraction of sp³-hybridized carbons (Fsp3) is 0.455. The first-order valence-electron chi connectivity index (χ1n) is 14.5. The van der Waals surface area contributed by atoms with E-state index in [0.717, 1.165) is 59.5 Å². The lowest BCUT2D eigenvalue weighted by molar-refractivity contribution is -0.141. The molecule has 1 saturated carbocycles. The molecule has 0 bridgehead atoms. The van der Waals surface area contributed by atoms with Crippen LogP contribution in [0.1, 0.15) is 73.8 Å². The summed E-state index contributed by atoms with van der Waals surface area (Å²) >= 11 is 0. The summed E-state index contributed by atoms with van der Waals surface area (Å²) in [5.41, 5.74) is 5.65. The summed E-state index contributed by atoms with van der Waals surface area (Å²) in [4.78, 5) is 18.5. The molecule has 1 aliphatic carbocycles. The van der Waals surface area contributed by atoms with E-state index in [-0.39, 0.29) is 11.9 Å². The van der Waals surface area contributed by atoms with Crippen LogP contribution in [0.15, 0.2) is 48.5 Å². The fourth-order valence-electron chi connectivity index (χ4n) is 6.43. The van der Waals surface area contributed by atoms with Crippen LogP contribution in [0.5, 0.6) is 11.6 Å². The number of nitrogens with zero attached hydrogens (tertiary/aromatic N) is 2. The highest BCUT2D eigenvalue weighted by Gasteiger charge is 2.48. The number of methoxy groups -OCH3 is 1. The minimum atomic E-state index is -0.798. The van der Waals surface area contributed by atoms with Gasteiger partial charge in [0.1, 0.15) is 23.4 Å². The lowest BCUT2D eigenvalue weighted by Crippen LogP contribution is -2.40. The molecule has 2 fully saturated rings. The van der Waals surface area contributed by atoms with Gasteiger partial charge in [0.15, 0.2) is 0 Å². The molecule has 1 saturated heterocycles. The normalized spacial score (nSPS) is 20.4. The van der Waals surface area contributed by atoms with E-state index in [1.165, 1.54) is 38.2 Å². The van der Waals surface area contributed by atoms with Crippen LogP contribution in [0.3, 0.4) is 0 Å². The molecule has 2 atom stereocenters. The Kier molecular flexibility index (Phi) is 7.26. The lowest BCUT2D eigenvalue weighted by atomic mass is 9.91. The minimum absolute atomic E-state index is 0.133. The van der Waals surface area contributed by atoms with E-state index in [2.05, 4.69) is 22.0 Å². The van der Waals surface area contributed by atoms with Gasteiger partial charge in [-0.05, 0) is 85.9 Å². The van der Waals surface area contributed by atoms with Gasteiger partial charge in [0.05, 0.1) is 13.0 Å². The second-order valence-corrected chi connectivity index (χ2v) is 11.7. The van der Waals surface area contributed by atoms with Crippen LogP contribution in [-0.2, 0) is 24.2 Å². The van der Waals surface area contributed by atoms with Crippen molar-refractivity contribution in [1.82, 2.24) is 9.88 Å². The number of rotatable bonds is 8. The Morgan fingerprint density at radius 2 is 2.02 bits per heavy atom. The zero-order valence-electron chi connectivity index (χ0n) is 23.3. The molecule has 1 spiro atoms. The van der Waals surface area contributed by atoms with Gasteiger partial charge in [-0.25, -0.2) is 9.37 Å². The molecule has 0 amide bonds. The van der Waals surface area contributed by atoms with Gasteiger partial charge in [-0.1, -0.05) is 43.7 Å². The number of benzene rings is 2. The van der Waals surface area contributed by atoms with Crippen molar-refractivity contribution in [3.8, 4) is 22.9 Å². The quantitative estimate of drug-likeness (QED) is 0.339. The van der Waals surface area contributed by atoms with Crippen molar-refractivity contribution in [2.75, 3.05) is 13.7 Å². The molecule has 2 unspecified atom stereocenters. The highest BCUT2D eigenvalue weighted by molar-refractivity contribution is 5.70. The number of pyridine rings is 1. The number of fused-ring (bicyclic) bond motifs is 1. The molecular formula is C33H37FN2O4. The Balaban J connectivity index is 1.32. The van der Waals surface area contributed by atoms with Gasteiger partial charge in [0.25, 0.3) is 0 Å². The maximum atomic E-state index is 15.1. The van der Waals surface area contributed by atoms with Gasteiger partial charge in [-0.2, -0.15) is 0 Å². The molecule has 3 heterocycles. The average molecular weight is 545 g/mol. The van der Waals surface area contributed by atoms with Gasteiger partial charge in [0, 0.05) is 23.7 Å². The Morgan fingerprint density at radius 1 is 1.18 bits per heavy atom. The van der Waals surface area contributed by atoms with Crippen LogP contribution in [-0.4, -0.2) is 40.2 Å². The lowest BCUT2D eigenvalue weighted by Gasteiger charge is -2.37. The van der Waals surface area contributed by atoms with Gasteiger partial charge >= 0.3 is 5.97 Å². The van der Waals surface area contributed by atoms with Crippen molar-refractivity contribution in [3.63, 3.8) is 0 Å². The number of carboxylic acids is 1. The van der Waals surface area contributed by atoms with E-state index in [4.69, 9.17) is 9.47 Å². The predicted octanol–water partition coefficient (Wildman–Crippen LogP) is 6.74. The topological polar surface area (TPSA) is 71.9 Å². The van der Waals surface area contributed by atoms with Gasteiger partial charge < -0.3 is 14.6 Å². The van der Waals surface area contributed by atoms with Crippen molar-refractivity contribution in [2.45, 2.75) is 76.5 Å². The van der Waals surface area contributed by atoms with E-state index in [1.807, 2.05) is 24.3 Å². The largest absolute Gasteiger partial charge is 0.485 e. The number of hydrogen-bond acceptors (Lipinski definition) is 5. The molecule has 1 aromatic heterocycles. The maximum Gasteiger partial charge on any atom is 0.306 e. The number of piperidine rings is 1. The van der Waals surface area contributed by atoms with E-state index in [0.29, 0.717) is 23.5 Å². The molecule has 3 aliphatic rings. The van der Waals surface area contributed by atoms with Crippen LogP contribution < -0.4 is 9.47 Å². The summed E-state index contributed by atoms with van der Waals surface area (Å²) < 4.78 is 27.0. The van der Waals surface area contributed by atoms with Crippen LogP contribution in [0, 0.1) is 11.7 Å². The molecule has 0 radical (unpaired) electrons. The number of aliphatic carboxylic acids is 1. The monoisotopic (exact) mass is 544 g/mol. The highest BCUT2D eigenvalue weighted by Crippen LogP contribution is 2.49. The van der Waals surface area contributed by atoms with Crippen molar-refractivity contribution in [3.05, 3.63) is 76.6 Å². The molecule has 210 valence electrons. The summed E-state index contributed by atoms with van der Waals surface area (Å²) in [7, 11) is 1.55. The summed E-state index contributed by atoms with van der Waals surface area (Å²) in [6.07, 6.45) is 8.23. The minimum Gasteiger partial charge on any atom is -0.485 e. The molecule has 2 aromatic carbocycles. The number of aryl methyl sites for hydroxylation is 1. The number of halogens is 1. The molecule has 1 N–H and O–H groups in total. The molecular weight excluding hydrogens is 507 g/mol. The average Bonchev–Trinajstić information content (AvgIpc) is 3.74. The maximum absolute atomic E-state index is 15.1. The third-order valence-electron chi connectivity index (χ3n) is 9.01. The molecule has 7 heteroatoms. The standard InChI is InChI=1S/C33H37FN2O4/c1-21(32(37)38)17-22-5-6-23-8-11-28(40-29(23)18-22)24-7-9-26(31-27(34)10-12-30(35-31)39-2)25(19-24)20-36-16-4-3-13-33(36)14-15-33/h5-7,9-10,12,18-19,21,28H,3-4,8,11,13-17,20H2,1-2H3,(H,37,38). The predicted molar refractivity (Wildman–Crippen MR) is 151 cm³/mol.